The molecular formula is C18H22N4O3. The standard InChI is InChI=1S/C18H22N4O3/c1-12-13(2)25-15-3-4-17-16(9-15)18(21-20-17)14-10-19-22(11-14)5-6-23-7-8-24-12/h3-4,9-13H,5-8H2,1-2H3,(H,20,21)/t12-,13-/m0/s1. The summed E-state index contributed by atoms with van der Waals surface area (Å²) in [5.74, 6) is 0.800. The van der Waals surface area contributed by atoms with Gasteiger partial charge in [0, 0.05) is 17.1 Å². The normalized spacial score (nSPS) is 22.2. The second-order valence-corrected chi connectivity index (χ2v) is 6.28. The number of H-pyrrole nitrogens is 1. The molecule has 1 aromatic carbocycles. The van der Waals surface area contributed by atoms with E-state index in [1.807, 2.05) is 49.1 Å². The van der Waals surface area contributed by atoms with Crippen LogP contribution in [0.15, 0.2) is 30.6 Å². The van der Waals surface area contributed by atoms with E-state index < -0.39 is 0 Å². The summed E-state index contributed by atoms with van der Waals surface area (Å²) in [6.45, 7) is 6.42. The van der Waals surface area contributed by atoms with E-state index in [1.165, 1.54) is 0 Å². The number of aromatic nitrogens is 4. The van der Waals surface area contributed by atoms with Crippen LogP contribution < -0.4 is 4.74 Å². The average Bonchev–Trinajstić information content (AvgIpc) is 3.23. The van der Waals surface area contributed by atoms with Crippen molar-refractivity contribution in [3.63, 3.8) is 0 Å². The lowest BCUT2D eigenvalue weighted by Gasteiger charge is -2.22. The summed E-state index contributed by atoms with van der Waals surface area (Å²) in [6, 6.07) is 5.95. The van der Waals surface area contributed by atoms with Gasteiger partial charge in [-0.15, -0.1) is 0 Å². The van der Waals surface area contributed by atoms with Crippen molar-refractivity contribution in [2.75, 3.05) is 19.8 Å². The van der Waals surface area contributed by atoms with Gasteiger partial charge >= 0.3 is 0 Å². The molecule has 0 unspecified atom stereocenters. The molecule has 0 spiro atoms. The molecule has 2 aromatic heterocycles. The monoisotopic (exact) mass is 342 g/mol. The molecule has 0 saturated carbocycles. The van der Waals surface area contributed by atoms with Crippen molar-refractivity contribution in [2.45, 2.75) is 32.6 Å². The van der Waals surface area contributed by atoms with Gasteiger partial charge in [0.05, 0.1) is 44.2 Å². The quantitative estimate of drug-likeness (QED) is 0.680. The summed E-state index contributed by atoms with van der Waals surface area (Å²) in [4.78, 5) is 0. The Kier molecular flexibility index (Phi) is 4.42. The summed E-state index contributed by atoms with van der Waals surface area (Å²) in [5.41, 5.74) is 2.81. The first-order valence-corrected chi connectivity index (χ1v) is 8.57. The summed E-state index contributed by atoms with van der Waals surface area (Å²) < 4.78 is 19.4. The second kappa shape index (κ2) is 6.85. The zero-order valence-electron chi connectivity index (χ0n) is 14.4. The minimum Gasteiger partial charge on any atom is -0.488 e. The third-order valence-corrected chi connectivity index (χ3v) is 4.50. The van der Waals surface area contributed by atoms with Crippen LogP contribution in [0.1, 0.15) is 13.8 Å². The van der Waals surface area contributed by atoms with Crippen LogP contribution in [0.4, 0.5) is 0 Å². The van der Waals surface area contributed by atoms with Crippen molar-refractivity contribution in [2.24, 2.45) is 0 Å². The highest BCUT2D eigenvalue weighted by Crippen LogP contribution is 2.29. The van der Waals surface area contributed by atoms with Crippen LogP contribution in [-0.2, 0) is 16.0 Å². The van der Waals surface area contributed by atoms with Crippen molar-refractivity contribution >= 4 is 10.9 Å². The Morgan fingerprint density at radius 1 is 1.16 bits per heavy atom. The van der Waals surface area contributed by atoms with Gasteiger partial charge in [-0.3, -0.25) is 9.78 Å². The smallest absolute Gasteiger partial charge is 0.122 e. The Bertz CT molecular complexity index is 857. The maximum Gasteiger partial charge on any atom is 0.122 e. The molecule has 3 heterocycles. The first-order chi connectivity index (χ1) is 12.2. The van der Waals surface area contributed by atoms with E-state index in [-0.39, 0.29) is 12.2 Å². The highest BCUT2D eigenvalue weighted by atomic mass is 16.6. The van der Waals surface area contributed by atoms with E-state index in [0.717, 1.165) is 27.9 Å². The van der Waals surface area contributed by atoms with Crippen molar-refractivity contribution in [1.82, 2.24) is 20.0 Å². The second-order valence-electron chi connectivity index (χ2n) is 6.28. The van der Waals surface area contributed by atoms with Gasteiger partial charge < -0.3 is 14.2 Å². The number of hydrogen-bond acceptors (Lipinski definition) is 5. The third kappa shape index (κ3) is 3.38. The molecule has 0 aliphatic carbocycles. The third-order valence-electron chi connectivity index (χ3n) is 4.50. The van der Waals surface area contributed by atoms with Crippen LogP contribution in [0.2, 0.25) is 0 Å². The molecule has 7 heteroatoms. The zero-order valence-corrected chi connectivity index (χ0v) is 14.4. The first kappa shape index (κ1) is 16.1. The summed E-state index contributed by atoms with van der Waals surface area (Å²) >= 11 is 0. The van der Waals surface area contributed by atoms with E-state index in [2.05, 4.69) is 15.3 Å². The summed E-state index contributed by atoms with van der Waals surface area (Å²) in [6.07, 6.45) is 3.72. The summed E-state index contributed by atoms with van der Waals surface area (Å²) in [7, 11) is 0. The first-order valence-electron chi connectivity index (χ1n) is 8.57. The topological polar surface area (TPSA) is 74.2 Å². The van der Waals surface area contributed by atoms with E-state index in [4.69, 9.17) is 14.2 Å². The molecule has 4 bridgehead atoms. The molecule has 25 heavy (non-hydrogen) atoms. The minimum atomic E-state index is -0.0662. The molecule has 2 atom stereocenters. The van der Waals surface area contributed by atoms with Crippen LogP contribution in [0.5, 0.6) is 5.75 Å². The number of fused-ring (bicyclic) bond motifs is 4. The van der Waals surface area contributed by atoms with Gasteiger partial charge in [0.25, 0.3) is 0 Å². The van der Waals surface area contributed by atoms with Crippen molar-refractivity contribution in [3.05, 3.63) is 30.6 Å². The Hall–Kier alpha value is -2.38. The lowest BCUT2D eigenvalue weighted by atomic mass is 10.1. The molecule has 132 valence electrons. The molecule has 7 nitrogen and oxygen atoms in total. The number of benzene rings is 1. The van der Waals surface area contributed by atoms with Gasteiger partial charge in [-0.1, -0.05) is 0 Å². The largest absolute Gasteiger partial charge is 0.488 e. The van der Waals surface area contributed by atoms with E-state index in [9.17, 15) is 0 Å². The lowest BCUT2D eigenvalue weighted by Crippen LogP contribution is -2.30. The summed E-state index contributed by atoms with van der Waals surface area (Å²) in [5, 5.41) is 12.9. The van der Waals surface area contributed by atoms with E-state index in [1.54, 1.807) is 0 Å². The van der Waals surface area contributed by atoms with Gasteiger partial charge in [0.15, 0.2) is 0 Å². The number of hydrogen-bond donors (Lipinski definition) is 1. The number of rotatable bonds is 0. The predicted octanol–water partition coefficient (Wildman–Crippen LogP) is 2.63. The van der Waals surface area contributed by atoms with Crippen molar-refractivity contribution < 1.29 is 14.2 Å². The fraction of sp³-hybridized carbons (Fsp3) is 0.444. The zero-order chi connectivity index (χ0) is 17.2. The molecule has 1 N–H and O–H groups in total. The van der Waals surface area contributed by atoms with E-state index in [0.29, 0.717) is 26.4 Å². The maximum absolute atomic E-state index is 6.07. The van der Waals surface area contributed by atoms with E-state index >= 15 is 0 Å². The van der Waals surface area contributed by atoms with Crippen LogP contribution in [0, 0.1) is 0 Å². The molecule has 3 aromatic rings. The molecule has 0 saturated heterocycles. The molecule has 4 rings (SSSR count). The predicted molar refractivity (Wildman–Crippen MR) is 93.6 cm³/mol. The molecule has 0 amide bonds. The van der Waals surface area contributed by atoms with Crippen LogP contribution in [0.3, 0.4) is 0 Å². The maximum atomic E-state index is 6.07. The Balaban J connectivity index is 1.72. The molecule has 1 aliphatic rings. The fourth-order valence-electron chi connectivity index (χ4n) is 2.89. The Morgan fingerprint density at radius 2 is 2.08 bits per heavy atom. The average molecular weight is 342 g/mol. The molecule has 0 radical (unpaired) electrons. The SMILES string of the molecule is C[C@@H]1OCCOCCn2cc(cn2)-c2n[nH]c3ccc(cc23)O[C@H]1C. The van der Waals surface area contributed by atoms with Gasteiger partial charge in [0.2, 0.25) is 0 Å². The number of nitrogens with zero attached hydrogens (tertiary/aromatic N) is 3. The van der Waals surface area contributed by atoms with Gasteiger partial charge in [-0.05, 0) is 32.0 Å². The van der Waals surface area contributed by atoms with Gasteiger partial charge in [-0.2, -0.15) is 10.2 Å². The number of ether oxygens (including phenoxy) is 3. The van der Waals surface area contributed by atoms with Gasteiger partial charge in [0.1, 0.15) is 17.5 Å². The molecule has 0 fully saturated rings. The van der Waals surface area contributed by atoms with Crippen LogP contribution in [-0.4, -0.2) is 52.0 Å². The highest BCUT2D eigenvalue weighted by Gasteiger charge is 2.17. The van der Waals surface area contributed by atoms with Crippen LogP contribution >= 0.6 is 0 Å². The Labute approximate surface area is 145 Å². The van der Waals surface area contributed by atoms with Crippen molar-refractivity contribution in [3.8, 4) is 17.0 Å². The fourth-order valence-corrected chi connectivity index (χ4v) is 2.89. The lowest BCUT2D eigenvalue weighted by molar-refractivity contribution is -0.0334. The number of nitrogens with one attached hydrogen (secondary N) is 1. The number of aromatic amines is 1. The highest BCUT2D eigenvalue weighted by molar-refractivity contribution is 5.93. The van der Waals surface area contributed by atoms with Crippen LogP contribution in [0.25, 0.3) is 22.2 Å². The van der Waals surface area contributed by atoms with Crippen molar-refractivity contribution in [1.29, 1.82) is 0 Å². The molecule has 1 aliphatic heterocycles. The minimum absolute atomic E-state index is 0.0259. The Morgan fingerprint density at radius 3 is 3.00 bits per heavy atom. The molecular weight excluding hydrogens is 320 g/mol. The van der Waals surface area contributed by atoms with Gasteiger partial charge in [-0.25, -0.2) is 0 Å².